The molecule has 0 unspecified atom stereocenters. The third kappa shape index (κ3) is 3.37. The van der Waals surface area contributed by atoms with Crippen LogP contribution < -0.4 is 11.1 Å². The van der Waals surface area contributed by atoms with Crippen LogP contribution >= 0.6 is 0 Å². The molecule has 3 rings (SSSR count). The van der Waals surface area contributed by atoms with Crippen molar-refractivity contribution in [2.24, 2.45) is 21.6 Å². The summed E-state index contributed by atoms with van der Waals surface area (Å²) in [4.78, 5) is 4.51. The van der Waals surface area contributed by atoms with Crippen molar-refractivity contribution >= 4 is 11.6 Å². The fourth-order valence-corrected chi connectivity index (χ4v) is 4.26. The summed E-state index contributed by atoms with van der Waals surface area (Å²) in [7, 11) is 0. The van der Waals surface area contributed by atoms with Crippen LogP contribution in [0.25, 0.3) is 0 Å². The smallest absolute Gasteiger partial charge is 0.193 e. The molecule has 4 nitrogen and oxygen atoms in total. The lowest BCUT2D eigenvalue weighted by Crippen LogP contribution is -2.54. The van der Waals surface area contributed by atoms with E-state index >= 15 is 0 Å². The van der Waals surface area contributed by atoms with Gasteiger partial charge in [-0.15, -0.1) is 0 Å². The number of hydrogen-bond donors (Lipinski definition) is 3. The van der Waals surface area contributed by atoms with Crippen LogP contribution in [0.2, 0.25) is 0 Å². The highest BCUT2D eigenvalue weighted by molar-refractivity contribution is 5.92. The number of aliphatic imine (C=N–C) groups is 1. The number of guanidine groups is 1. The van der Waals surface area contributed by atoms with E-state index in [2.05, 4.69) is 36.3 Å². The van der Waals surface area contributed by atoms with Gasteiger partial charge in [0.2, 0.25) is 0 Å². The molecule has 4 heteroatoms. The topological polar surface area (TPSA) is 70.6 Å². The number of aliphatic hydroxyl groups is 1. The molecule has 2 saturated carbocycles. The minimum atomic E-state index is -0.0352. The first-order valence-electron chi connectivity index (χ1n) is 8.74. The zero-order valence-corrected chi connectivity index (χ0v) is 14.3. The monoisotopic (exact) mass is 315 g/mol. The Morgan fingerprint density at radius 1 is 1.35 bits per heavy atom. The Morgan fingerprint density at radius 3 is 2.65 bits per heavy atom. The standard InChI is InChI=1S/C19H29N3O/c1-14(2)15-5-3-6-16(9-15)22-17(20)21-12-19(13-23)10-18(11-19)7-4-8-18/h3,5-6,9,14,23H,4,7-8,10-13H2,1-2H3,(H3,20,21,22). The second-order valence-corrected chi connectivity index (χ2v) is 7.97. The first-order chi connectivity index (χ1) is 11.0. The normalized spacial score (nSPS) is 21.8. The van der Waals surface area contributed by atoms with Crippen molar-refractivity contribution in [3.8, 4) is 0 Å². The van der Waals surface area contributed by atoms with Crippen molar-refractivity contribution in [2.45, 2.75) is 51.9 Å². The quantitative estimate of drug-likeness (QED) is 0.575. The van der Waals surface area contributed by atoms with Crippen LogP contribution in [0.5, 0.6) is 0 Å². The van der Waals surface area contributed by atoms with E-state index in [0.29, 0.717) is 23.8 Å². The molecule has 0 saturated heterocycles. The van der Waals surface area contributed by atoms with Crippen LogP contribution in [0.3, 0.4) is 0 Å². The maximum atomic E-state index is 9.76. The molecule has 23 heavy (non-hydrogen) atoms. The first kappa shape index (κ1) is 16.3. The first-order valence-corrected chi connectivity index (χ1v) is 8.74. The molecule has 1 aromatic carbocycles. The highest BCUT2D eigenvalue weighted by Gasteiger charge is 2.56. The largest absolute Gasteiger partial charge is 0.396 e. The van der Waals surface area contributed by atoms with Gasteiger partial charge in [-0.1, -0.05) is 32.4 Å². The van der Waals surface area contributed by atoms with Crippen molar-refractivity contribution in [3.63, 3.8) is 0 Å². The molecule has 4 N–H and O–H groups in total. The SMILES string of the molecule is CC(C)c1cccc(NC(N)=NCC2(CO)CC3(CCC3)C2)c1. The van der Waals surface area contributed by atoms with E-state index in [9.17, 15) is 5.11 Å². The number of anilines is 1. The molecular formula is C19H29N3O. The fraction of sp³-hybridized carbons (Fsp3) is 0.632. The predicted molar refractivity (Wildman–Crippen MR) is 95.7 cm³/mol. The summed E-state index contributed by atoms with van der Waals surface area (Å²) in [6.45, 7) is 5.19. The molecule has 2 aliphatic carbocycles. The van der Waals surface area contributed by atoms with Crippen molar-refractivity contribution in [1.29, 1.82) is 0 Å². The van der Waals surface area contributed by atoms with Crippen molar-refractivity contribution in [1.82, 2.24) is 0 Å². The van der Waals surface area contributed by atoms with E-state index in [4.69, 9.17) is 5.73 Å². The van der Waals surface area contributed by atoms with Gasteiger partial charge in [-0.05, 0) is 54.7 Å². The molecule has 0 aliphatic heterocycles. The summed E-state index contributed by atoms with van der Waals surface area (Å²) in [6, 6.07) is 8.27. The summed E-state index contributed by atoms with van der Waals surface area (Å²) < 4.78 is 0. The molecule has 0 amide bonds. The van der Waals surface area contributed by atoms with E-state index in [1.165, 1.54) is 24.8 Å². The number of benzene rings is 1. The van der Waals surface area contributed by atoms with Gasteiger partial charge in [0.05, 0.1) is 13.2 Å². The molecule has 1 spiro atoms. The van der Waals surface area contributed by atoms with E-state index in [1.807, 2.05) is 12.1 Å². The Morgan fingerprint density at radius 2 is 2.09 bits per heavy atom. The number of aliphatic hydroxyl groups excluding tert-OH is 1. The second-order valence-electron chi connectivity index (χ2n) is 7.97. The average molecular weight is 315 g/mol. The van der Waals surface area contributed by atoms with Crippen molar-refractivity contribution in [3.05, 3.63) is 29.8 Å². The van der Waals surface area contributed by atoms with Crippen LogP contribution in [-0.2, 0) is 0 Å². The minimum Gasteiger partial charge on any atom is -0.396 e. The van der Waals surface area contributed by atoms with Gasteiger partial charge in [-0.2, -0.15) is 0 Å². The van der Waals surface area contributed by atoms with Gasteiger partial charge in [-0.3, -0.25) is 4.99 Å². The van der Waals surface area contributed by atoms with Gasteiger partial charge in [0.15, 0.2) is 5.96 Å². The molecule has 0 radical (unpaired) electrons. The molecule has 0 bridgehead atoms. The van der Waals surface area contributed by atoms with Gasteiger partial charge in [0.1, 0.15) is 0 Å². The highest BCUT2D eigenvalue weighted by atomic mass is 16.3. The van der Waals surface area contributed by atoms with E-state index in [0.717, 1.165) is 18.5 Å². The van der Waals surface area contributed by atoms with Gasteiger partial charge in [0.25, 0.3) is 0 Å². The summed E-state index contributed by atoms with van der Waals surface area (Å²) in [6.07, 6.45) is 6.22. The third-order valence-corrected chi connectivity index (χ3v) is 5.66. The Hall–Kier alpha value is -1.55. The van der Waals surface area contributed by atoms with Gasteiger partial charge >= 0.3 is 0 Å². The lowest BCUT2D eigenvalue weighted by atomic mass is 9.45. The Kier molecular flexibility index (Phi) is 4.37. The molecule has 126 valence electrons. The summed E-state index contributed by atoms with van der Waals surface area (Å²) >= 11 is 0. The van der Waals surface area contributed by atoms with E-state index < -0.39 is 0 Å². The van der Waals surface area contributed by atoms with Gasteiger partial charge < -0.3 is 16.2 Å². The zero-order valence-electron chi connectivity index (χ0n) is 14.3. The lowest BCUT2D eigenvalue weighted by molar-refractivity contribution is -0.114. The Bertz CT molecular complexity index is 582. The van der Waals surface area contributed by atoms with Crippen molar-refractivity contribution < 1.29 is 5.11 Å². The molecule has 0 atom stereocenters. The fourth-order valence-electron chi connectivity index (χ4n) is 4.26. The zero-order chi connectivity index (χ0) is 16.5. The lowest BCUT2D eigenvalue weighted by Gasteiger charge is -2.60. The maximum absolute atomic E-state index is 9.76. The Labute approximate surface area is 139 Å². The summed E-state index contributed by atoms with van der Waals surface area (Å²) in [5, 5.41) is 12.9. The third-order valence-electron chi connectivity index (χ3n) is 5.66. The molecular weight excluding hydrogens is 286 g/mol. The van der Waals surface area contributed by atoms with Crippen LogP contribution in [0.1, 0.15) is 57.4 Å². The minimum absolute atomic E-state index is 0.0352. The molecule has 1 aromatic rings. The molecule has 2 fully saturated rings. The van der Waals surface area contributed by atoms with E-state index in [-0.39, 0.29) is 12.0 Å². The van der Waals surface area contributed by atoms with E-state index in [1.54, 1.807) is 0 Å². The van der Waals surface area contributed by atoms with Crippen LogP contribution in [0.4, 0.5) is 5.69 Å². The second kappa shape index (κ2) is 6.16. The maximum Gasteiger partial charge on any atom is 0.193 e. The number of rotatable bonds is 5. The summed E-state index contributed by atoms with van der Waals surface area (Å²) in [5.41, 5.74) is 8.79. The predicted octanol–water partition coefficient (Wildman–Crippen LogP) is 3.48. The molecule has 2 aliphatic rings. The van der Waals surface area contributed by atoms with Crippen LogP contribution in [0, 0.1) is 10.8 Å². The number of hydrogen-bond acceptors (Lipinski definition) is 2. The number of nitrogens with one attached hydrogen (secondary N) is 1. The highest BCUT2D eigenvalue weighted by Crippen LogP contribution is 2.64. The summed E-state index contributed by atoms with van der Waals surface area (Å²) in [5.74, 6) is 0.925. The number of nitrogens with two attached hydrogens (primary N) is 1. The molecule has 0 aromatic heterocycles. The van der Waals surface area contributed by atoms with Gasteiger partial charge in [-0.25, -0.2) is 0 Å². The van der Waals surface area contributed by atoms with Crippen LogP contribution in [0.15, 0.2) is 29.3 Å². The van der Waals surface area contributed by atoms with Crippen LogP contribution in [-0.4, -0.2) is 24.2 Å². The molecule has 0 heterocycles. The average Bonchev–Trinajstić information content (AvgIpc) is 2.45. The van der Waals surface area contributed by atoms with Crippen molar-refractivity contribution in [2.75, 3.05) is 18.5 Å². The van der Waals surface area contributed by atoms with Gasteiger partial charge in [0, 0.05) is 11.1 Å². The Balaban J connectivity index is 1.58. The number of nitrogens with zero attached hydrogens (tertiary/aromatic N) is 1.